The van der Waals surface area contributed by atoms with Crippen molar-refractivity contribution in [3.05, 3.63) is 69.8 Å². The van der Waals surface area contributed by atoms with Crippen LogP contribution in [0.25, 0.3) is 16.9 Å². The van der Waals surface area contributed by atoms with Crippen molar-refractivity contribution in [2.75, 3.05) is 11.9 Å². The number of fused-ring (bicyclic) bond motifs is 3. The molecule has 4 heterocycles. The molecule has 1 aromatic carbocycles. The van der Waals surface area contributed by atoms with Crippen LogP contribution in [0, 0.1) is 0 Å². The first-order chi connectivity index (χ1) is 17.5. The zero-order valence-corrected chi connectivity index (χ0v) is 20.8. The van der Waals surface area contributed by atoms with E-state index in [9.17, 15) is 4.79 Å². The van der Waals surface area contributed by atoms with Crippen LogP contribution in [-0.4, -0.2) is 30.9 Å². The van der Waals surface area contributed by atoms with Gasteiger partial charge in [-0.1, -0.05) is 26.0 Å². The van der Waals surface area contributed by atoms with Gasteiger partial charge in [0.25, 0.3) is 5.56 Å². The number of rotatable bonds is 5. The fourth-order valence-corrected chi connectivity index (χ4v) is 5.79. The fraction of sp³-hybridized carbons (Fsp3) is 0.429. The van der Waals surface area contributed by atoms with Crippen molar-refractivity contribution in [3.63, 3.8) is 0 Å². The Labute approximate surface area is 209 Å². The van der Waals surface area contributed by atoms with Gasteiger partial charge in [0.15, 0.2) is 11.5 Å². The Bertz CT molecular complexity index is 1540. The molecule has 3 aliphatic rings. The summed E-state index contributed by atoms with van der Waals surface area (Å²) in [5.41, 5.74) is 5.51. The van der Waals surface area contributed by atoms with E-state index in [0.29, 0.717) is 17.0 Å². The summed E-state index contributed by atoms with van der Waals surface area (Å²) in [6.45, 7) is 5.27. The van der Waals surface area contributed by atoms with E-state index in [1.807, 2.05) is 27.6 Å². The highest BCUT2D eigenvalue weighted by atomic mass is 16.1. The van der Waals surface area contributed by atoms with Crippen LogP contribution in [0.15, 0.2) is 47.4 Å². The maximum atomic E-state index is 13.4. The summed E-state index contributed by atoms with van der Waals surface area (Å²) in [5, 5.41) is 7.67. The topological polar surface area (TPSA) is 89.7 Å². The van der Waals surface area contributed by atoms with Crippen LogP contribution in [-0.2, 0) is 12.0 Å². The zero-order chi connectivity index (χ0) is 24.4. The van der Waals surface area contributed by atoms with Gasteiger partial charge in [-0.05, 0) is 79.8 Å². The van der Waals surface area contributed by atoms with Gasteiger partial charge < -0.3 is 10.6 Å². The molecule has 2 N–H and O–H groups in total. The maximum absolute atomic E-state index is 13.4. The predicted octanol–water partition coefficient (Wildman–Crippen LogP) is 4.70. The molecule has 0 atom stereocenters. The van der Waals surface area contributed by atoms with Crippen LogP contribution < -0.4 is 16.2 Å². The quantitative estimate of drug-likeness (QED) is 0.429. The molecule has 0 bridgehead atoms. The molecule has 8 nitrogen and oxygen atoms in total. The molecule has 7 rings (SSSR count). The number of benzene rings is 1. The molecule has 1 aliphatic heterocycles. The third kappa shape index (κ3) is 3.38. The summed E-state index contributed by atoms with van der Waals surface area (Å²) in [5.74, 6) is 1.49. The number of nitrogens with one attached hydrogen (secondary N) is 2. The van der Waals surface area contributed by atoms with Crippen molar-refractivity contribution >= 4 is 22.7 Å². The highest BCUT2D eigenvalue weighted by molar-refractivity contribution is 5.77. The fourth-order valence-electron chi connectivity index (χ4n) is 5.79. The van der Waals surface area contributed by atoms with E-state index in [4.69, 9.17) is 9.97 Å². The predicted molar refractivity (Wildman–Crippen MR) is 140 cm³/mol. The van der Waals surface area contributed by atoms with E-state index in [1.165, 1.54) is 30.4 Å². The molecule has 2 saturated carbocycles. The van der Waals surface area contributed by atoms with Gasteiger partial charge >= 0.3 is 0 Å². The van der Waals surface area contributed by atoms with Gasteiger partial charge in [0.2, 0.25) is 5.95 Å². The van der Waals surface area contributed by atoms with Crippen molar-refractivity contribution in [2.45, 2.75) is 69.9 Å². The summed E-state index contributed by atoms with van der Waals surface area (Å²) in [6.07, 6.45) is 8.38. The Morgan fingerprint density at radius 2 is 2.00 bits per heavy atom. The van der Waals surface area contributed by atoms with Gasteiger partial charge in [-0.3, -0.25) is 4.79 Å². The second-order valence-electron chi connectivity index (χ2n) is 10.8. The highest BCUT2D eigenvalue weighted by Gasteiger charge is 2.41. The van der Waals surface area contributed by atoms with Crippen LogP contribution in [0.3, 0.4) is 0 Å². The van der Waals surface area contributed by atoms with Gasteiger partial charge in [-0.25, -0.2) is 19.3 Å². The van der Waals surface area contributed by atoms with Gasteiger partial charge in [0.1, 0.15) is 5.39 Å². The third-order valence-electron chi connectivity index (χ3n) is 8.02. The van der Waals surface area contributed by atoms with Crippen LogP contribution >= 0.6 is 0 Å². The smallest absolute Gasteiger partial charge is 0.278 e. The number of pyridine rings is 1. The highest BCUT2D eigenvalue weighted by Crippen LogP contribution is 2.45. The molecule has 1 spiro atoms. The lowest BCUT2D eigenvalue weighted by molar-refractivity contribution is 0.176. The molecule has 4 aromatic rings. The van der Waals surface area contributed by atoms with Gasteiger partial charge in [-0.15, -0.1) is 0 Å². The van der Waals surface area contributed by atoms with Crippen LogP contribution in [0.4, 0.5) is 11.6 Å². The lowest BCUT2D eigenvalue weighted by Gasteiger charge is -2.47. The standard InChI is InChI=1S/C28H31N7O/c1-17(2)23-5-3-6-24(32-23)35-25-21(26(36)34(35)20-8-9-20)16-29-27(33-25)31-19-7-10-22-18(15-19)11-14-30-28(22)12-4-13-28/h3,5-7,10,15-17,20,30H,4,8-9,11-14H2,1-2H3,(H,29,31,33). The van der Waals surface area contributed by atoms with Gasteiger partial charge in [0.05, 0.1) is 6.04 Å². The van der Waals surface area contributed by atoms with E-state index >= 15 is 0 Å². The number of anilines is 2. The average molecular weight is 482 g/mol. The summed E-state index contributed by atoms with van der Waals surface area (Å²) in [7, 11) is 0. The van der Waals surface area contributed by atoms with Crippen molar-refractivity contribution < 1.29 is 0 Å². The van der Waals surface area contributed by atoms with E-state index in [1.54, 1.807) is 6.20 Å². The Balaban J connectivity index is 1.30. The number of nitrogens with zero attached hydrogens (tertiary/aromatic N) is 5. The number of hydrogen-bond acceptors (Lipinski definition) is 6. The van der Waals surface area contributed by atoms with Crippen LogP contribution in [0.1, 0.15) is 74.7 Å². The molecular formula is C28H31N7O. The monoisotopic (exact) mass is 481 g/mol. The van der Waals surface area contributed by atoms with E-state index in [2.05, 4.69) is 47.7 Å². The largest absolute Gasteiger partial charge is 0.324 e. The Morgan fingerprint density at radius 3 is 2.75 bits per heavy atom. The van der Waals surface area contributed by atoms with Crippen molar-refractivity contribution in [1.29, 1.82) is 0 Å². The molecule has 0 unspecified atom stereocenters. The van der Waals surface area contributed by atoms with Gasteiger partial charge in [-0.2, -0.15) is 4.98 Å². The minimum Gasteiger partial charge on any atom is -0.324 e. The molecule has 36 heavy (non-hydrogen) atoms. The summed E-state index contributed by atoms with van der Waals surface area (Å²) in [4.78, 5) is 27.6. The van der Waals surface area contributed by atoms with E-state index in [-0.39, 0.29) is 23.1 Å². The normalized spacial score (nSPS) is 18.4. The first kappa shape index (κ1) is 21.7. The summed E-state index contributed by atoms with van der Waals surface area (Å²) >= 11 is 0. The zero-order valence-electron chi connectivity index (χ0n) is 20.8. The van der Waals surface area contributed by atoms with Crippen LogP contribution in [0.5, 0.6) is 0 Å². The SMILES string of the molecule is CC(C)c1cccc(-n2c3nc(Nc4ccc5c(c4)CCNC54CCC4)ncc3c(=O)n2C2CC2)n1. The maximum Gasteiger partial charge on any atom is 0.278 e. The first-order valence-corrected chi connectivity index (χ1v) is 13.2. The second-order valence-corrected chi connectivity index (χ2v) is 10.8. The minimum absolute atomic E-state index is 0.0529. The Hall–Kier alpha value is -3.52. The number of aromatic nitrogens is 5. The average Bonchev–Trinajstić information content (AvgIpc) is 3.66. The molecule has 0 saturated heterocycles. The van der Waals surface area contributed by atoms with Crippen molar-refractivity contribution in [1.82, 2.24) is 29.6 Å². The molecule has 184 valence electrons. The minimum atomic E-state index is -0.0529. The van der Waals surface area contributed by atoms with E-state index < -0.39 is 0 Å². The first-order valence-electron chi connectivity index (χ1n) is 13.2. The van der Waals surface area contributed by atoms with Crippen molar-refractivity contribution in [2.24, 2.45) is 0 Å². The molecule has 3 aromatic heterocycles. The third-order valence-corrected chi connectivity index (χ3v) is 8.02. The molecule has 2 fully saturated rings. The molecular weight excluding hydrogens is 450 g/mol. The Morgan fingerprint density at radius 1 is 1.14 bits per heavy atom. The molecule has 8 heteroatoms. The number of hydrogen-bond donors (Lipinski definition) is 2. The van der Waals surface area contributed by atoms with Crippen molar-refractivity contribution in [3.8, 4) is 5.82 Å². The van der Waals surface area contributed by atoms with E-state index in [0.717, 1.165) is 43.0 Å². The second kappa shape index (κ2) is 8.00. The Kier molecular flexibility index (Phi) is 4.83. The lowest BCUT2D eigenvalue weighted by Crippen LogP contribution is -2.51. The summed E-state index contributed by atoms with van der Waals surface area (Å²) < 4.78 is 3.71. The lowest BCUT2D eigenvalue weighted by atomic mass is 9.68. The summed E-state index contributed by atoms with van der Waals surface area (Å²) in [6, 6.07) is 12.8. The van der Waals surface area contributed by atoms with Crippen LogP contribution in [0.2, 0.25) is 0 Å². The molecule has 2 aliphatic carbocycles. The molecule has 0 amide bonds. The van der Waals surface area contributed by atoms with Gasteiger partial charge in [0, 0.05) is 29.7 Å². The molecule has 0 radical (unpaired) electrons.